The number of carbonyl (C=O) groups excluding carboxylic acids is 1. The van der Waals surface area contributed by atoms with Crippen molar-refractivity contribution in [2.45, 2.75) is 45.1 Å². The molecule has 1 aromatic carbocycles. The molecule has 2 aromatic heterocycles. The number of likely N-dealkylation sites (tertiary alicyclic amines) is 1. The number of halogens is 3. The van der Waals surface area contributed by atoms with Crippen LogP contribution >= 0.6 is 0 Å². The fourth-order valence-electron chi connectivity index (χ4n) is 3.55. The SMILES string of the molecule is Cc1[nH]nc2ncc(CNC3(C)CCN(C(=O)OCc4ccccc4)C3)cc12.O=C(O)C(F)(F)F. The summed E-state index contributed by atoms with van der Waals surface area (Å²) in [5.74, 6) is -2.76. The van der Waals surface area contributed by atoms with Crippen molar-refractivity contribution in [2.24, 2.45) is 0 Å². The smallest absolute Gasteiger partial charge is 0.475 e. The Bertz CT molecular complexity index is 1170. The summed E-state index contributed by atoms with van der Waals surface area (Å²) in [4.78, 5) is 27.5. The Morgan fingerprint density at radius 3 is 2.60 bits per heavy atom. The number of nitrogens with one attached hydrogen (secondary N) is 2. The second kappa shape index (κ2) is 10.7. The van der Waals surface area contributed by atoms with E-state index in [1.54, 1.807) is 4.90 Å². The van der Waals surface area contributed by atoms with E-state index in [9.17, 15) is 18.0 Å². The molecular formula is C23H26F3N5O4. The lowest BCUT2D eigenvalue weighted by molar-refractivity contribution is -0.192. The molecule has 9 nitrogen and oxygen atoms in total. The molecule has 0 saturated carbocycles. The van der Waals surface area contributed by atoms with Crippen molar-refractivity contribution in [3.8, 4) is 0 Å². The summed E-state index contributed by atoms with van der Waals surface area (Å²) in [5.41, 5.74) is 3.70. The zero-order valence-electron chi connectivity index (χ0n) is 19.2. The number of pyridine rings is 1. The molecule has 1 aliphatic rings. The van der Waals surface area contributed by atoms with Crippen LogP contribution in [0.4, 0.5) is 18.0 Å². The molecule has 3 aromatic rings. The molecule has 0 aliphatic carbocycles. The number of hydrogen-bond donors (Lipinski definition) is 3. The average Bonchev–Trinajstić information content (AvgIpc) is 3.40. The van der Waals surface area contributed by atoms with Crippen LogP contribution in [0.1, 0.15) is 30.2 Å². The number of carbonyl (C=O) groups is 2. The van der Waals surface area contributed by atoms with Crippen molar-refractivity contribution >= 4 is 23.1 Å². The van der Waals surface area contributed by atoms with Gasteiger partial charge >= 0.3 is 18.2 Å². The second-order valence-corrected chi connectivity index (χ2v) is 8.49. The standard InChI is InChI=1S/C21H25N5O2.C2HF3O2/c1-15-18-10-17(11-22-19(18)25-24-15)12-23-21(2)8-9-26(14-21)20(27)28-13-16-6-4-3-5-7-16;3-2(4,5)1(6)7/h3-7,10-11,23H,8-9,12-14H2,1-2H3,(H,22,24,25);(H,6,7). The third-order valence-corrected chi connectivity index (χ3v) is 5.56. The number of ether oxygens (including phenoxy) is 1. The van der Waals surface area contributed by atoms with Gasteiger partial charge in [0.05, 0.1) is 0 Å². The second-order valence-electron chi connectivity index (χ2n) is 8.49. The Morgan fingerprint density at radius 2 is 1.94 bits per heavy atom. The summed E-state index contributed by atoms with van der Waals surface area (Å²) in [5, 5.41) is 18.9. The third kappa shape index (κ3) is 7.15. The quantitative estimate of drug-likeness (QED) is 0.495. The Kier molecular flexibility index (Phi) is 7.95. The highest BCUT2D eigenvalue weighted by atomic mass is 19.4. The average molecular weight is 493 g/mol. The number of amides is 1. The van der Waals surface area contributed by atoms with Gasteiger partial charge in [-0.1, -0.05) is 30.3 Å². The fraction of sp³-hybridized carbons (Fsp3) is 0.391. The van der Waals surface area contributed by atoms with Gasteiger partial charge in [-0.15, -0.1) is 0 Å². The molecule has 1 aliphatic heterocycles. The number of aliphatic carboxylic acids is 1. The molecule has 1 fully saturated rings. The van der Waals surface area contributed by atoms with Crippen LogP contribution < -0.4 is 5.32 Å². The number of aromatic amines is 1. The number of hydrogen-bond acceptors (Lipinski definition) is 6. The molecule has 0 radical (unpaired) electrons. The number of alkyl halides is 3. The Hall–Kier alpha value is -3.67. The summed E-state index contributed by atoms with van der Waals surface area (Å²) in [7, 11) is 0. The molecule has 3 heterocycles. The van der Waals surface area contributed by atoms with Crippen LogP contribution in [0.5, 0.6) is 0 Å². The maximum atomic E-state index is 12.4. The molecule has 12 heteroatoms. The molecule has 1 amide bonds. The molecule has 35 heavy (non-hydrogen) atoms. The van der Waals surface area contributed by atoms with E-state index >= 15 is 0 Å². The highest BCUT2D eigenvalue weighted by Gasteiger charge is 2.38. The first-order valence-electron chi connectivity index (χ1n) is 10.8. The van der Waals surface area contributed by atoms with Gasteiger partial charge in [0, 0.05) is 42.5 Å². The topological polar surface area (TPSA) is 120 Å². The highest BCUT2D eigenvalue weighted by molar-refractivity contribution is 5.77. The number of rotatable bonds is 5. The van der Waals surface area contributed by atoms with Gasteiger partial charge in [0.1, 0.15) is 6.61 Å². The number of nitrogens with zero attached hydrogens (tertiary/aromatic N) is 3. The van der Waals surface area contributed by atoms with Crippen molar-refractivity contribution in [1.82, 2.24) is 25.4 Å². The molecule has 188 valence electrons. The number of aromatic nitrogens is 3. The van der Waals surface area contributed by atoms with Crippen molar-refractivity contribution in [1.29, 1.82) is 0 Å². The molecule has 1 atom stereocenters. The molecule has 1 unspecified atom stereocenters. The first-order chi connectivity index (χ1) is 16.5. The summed E-state index contributed by atoms with van der Waals surface area (Å²) >= 11 is 0. The van der Waals surface area contributed by atoms with Crippen LogP contribution in [0.2, 0.25) is 0 Å². The van der Waals surface area contributed by atoms with E-state index in [2.05, 4.69) is 33.5 Å². The van der Waals surface area contributed by atoms with Crippen LogP contribution in [0, 0.1) is 6.92 Å². The lowest BCUT2D eigenvalue weighted by Gasteiger charge is -2.26. The number of fused-ring (bicyclic) bond motifs is 1. The predicted molar refractivity (Wildman–Crippen MR) is 120 cm³/mol. The van der Waals surface area contributed by atoms with Gasteiger partial charge < -0.3 is 20.1 Å². The Morgan fingerprint density at radius 1 is 1.26 bits per heavy atom. The monoisotopic (exact) mass is 493 g/mol. The number of aryl methyl sites for hydroxylation is 1. The predicted octanol–water partition coefficient (Wildman–Crippen LogP) is 3.79. The number of carboxylic acid groups (broad SMARTS) is 1. The normalized spacial score (nSPS) is 17.7. The molecule has 1 saturated heterocycles. The van der Waals surface area contributed by atoms with Crippen molar-refractivity contribution < 1.29 is 32.6 Å². The van der Waals surface area contributed by atoms with Crippen LogP contribution in [-0.2, 0) is 22.7 Å². The lowest BCUT2D eigenvalue weighted by Crippen LogP contribution is -2.45. The van der Waals surface area contributed by atoms with Gasteiger partial charge in [0.2, 0.25) is 0 Å². The third-order valence-electron chi connectivity index (χ3n) is 5.56. The van der Waals surface area contributed by atoms with E-state index in [1.165, 1.54) is 0 Å². The number of carboxylic acids is 1. The molecular weight excluding hydrogens is 467 g/mol. The number of H-pyrrole nitrogens is 1. The molecule has 0 spiro atoms. The highest BCUT2D eigenvalue weighted by Crippen LogP contribution is 2.23. The number of benzene rings is 1. The van der Waals surface area contributed by atoms with Crippen LogP contribution in [0.15, 0.2) is 42.6 Å². The van der Waals surface area contributed by atoms with Gasteiger partial charge in [-0.3, -0.25) is 5.10 Å². The van der Waals surface area contributed by atoms with Crippen LogP contribution in [0.25, 0.3) is 11.0 Å². The van der Waals surface area contributed by atoms with Crippen LogP contribution in [0.3, 0.4) is 0 Å². The summed E-state index contributed by atoms with van der Waals surface area (Å²) < 4.78 is 37.2. The maximum absolute atomic E-state index is 12.4. The first kappa shape index (κ1) is 25.9. The minimum atomic E-state index is -5.08. The van der Waals surface area contributed by atoms with Crippen LogP contribution in [-0.4, -0.2) is 62.1 Å². The van der Waals surface area contributed by atoms with E-state index in [-0.39, 0.29) is 11.6 Å². The Balaban J connectivity index is 0.000000429. The van der Waals surface area contributed by atoms with Crippen molar-refractivity contribution in [2.75, 3.05) is 13.1 Å². The zero-order chi connectivity index (χ0) is 25.6. The van der Waals surface area contributed by atoms with Gasteiger partial charge in [-0.25, -0.2) is 14.6 Å². The fourth-order valence-corrected chi connectivity index (χ4v) is 3.55. The molecule has 0 bridgehead atoms. The zero-order valence-corrected chi connectivity index (χ0v) is 19.2. The first-order valence-corrected chi connectivity index (χ1v) is 10.8. The largest absolute Gasteiger partial charge is 0.490 e. The van der Waals surface area contributed by atoms with Gasteiger partial charge in [0.15, 0.2) is 5.65 Å². The van der Waals surface area contributed by atoms with E-state index < -0.39 is 12.1 Å². The molecule has 3 N–H and O–H groups in total. The van der Waals surface area contributed by atoms with Gasteiger partial charge in [-0.05, 0) is 37.5 Å². The summed E-state index contributed by atoms with van der Waals surface area (Å²) in [6.45, 7) is 6.45. The lowest BCUT2D eigenvalue weighted by atomic mass is 10.0. The van der Waals surface area contributed by atoms with Crippen molar-refractivity contribution in [3.63, 3.8) is 0 Å². The summed E-state index contributed by atoms with van der Waals surface area (Å²) in [6, 6.07) is 11.8. The van der Waals surface area contributed by atoms with E-state index in [4.69, 9.17) is 14.6 Å². The maximum Gasteiger partial charge on any atom is 0.490 e. The molecule has 4 rings (SSSR count). The minimum absolute atomic E-state index is 0.147. The summed E-state index contributed by atoms with van der Waals surface area (Å²) in [6.07, 6.45) is -2.61. The minimum Gasteiger partial charge on any atom is -0.475 e. The van der Waals surface area contributed by atoms with Gasteiger partial charge in [0.25, 0.3) is 0 Å². The van der Waals surface area contributed by atoms with Gasteiger partial charge in [-0.2, -0.15) is 18.3 Å². The van der Waals surface area contributed by atoms with E-state index in [1.807, 2.05) is 43.5 Å². The van der Waals surface area contributed by atoms with E-state index in [0.29, 0.717) is 26.2 Å². The van der Waals surface area contributed by atoms with Crippen molar-refractivity contribution in [3.05, 3.63) is 59.4 Å². The van der Waals surface area contributed by atoms with E-state index in [0.717, 1.165) is 34.3 Å². The Labute approximate surface area is 199 Å².